The number of nitrogens with zero attached hydrogens (tertiary/aromatic N) is 2. The number of aliphatic imine (C=N–C) groups is 1. The highest BCUT2D eigenvalue weighted by Gasteiger charge is 2.13. The predicted molar refractivity (Wildman–Crippen MR) is 103 cm³/mol. The molecule has 25 heavy (non-hydrogen) atoms. The summed E-state index contributed by atoms with van der Waals surface area (Å²) in [7, 11) is 0.140. The highest BCUT2D eigenvalue weighted by atomic mass is 32.2. The minimum absolute atomic E-state index is 0.127. The number of nitrogens with one attached hydrogen (secondary N) is 2. The van der Waals surface area contributed by atoms with E-state index in [0.29, 0.717) is 32.0 Å². The van der Waals surface area contributed by atoms with Crippen LogP contribution in [0.1, 0.15) is 25.8 Å². The van der Waals surface area contributed by atoms with Crippen molar-refractivity contribution in [3.8, 4) is 5.75 Å². The molecule has 1 aromatic carbocycles. The minimum atomic E-state index is -3.11. The summed E-state index contributed by atoms with van der Waals surface area (Å²) in [5.74, 6) is 1.65. The van der Waals surface area contributed by atoms with E-state index >= 15 is 0 Å². The van der Waals surface area contributed by atoms with Crippen LogP contribution in [0, 0.1) is 0 Å². The van der Waals surface area contributed by atoms with Crippen LogP contribution in [-0.2, 0) is 16.6 Å². The summed E-state index contributed by atoms with van der Waals surface area (Å²) in [5.41, 5.74) is 1.06. The standard InChI is InChI=1S/C17H30N4O3S/c1-5-18-17(19-11-8-12-21(3)25(22,23)6-2)20-14-15-9-7-10-16(13-15)24-4/h7,9-10,13H,5-6,8,11-12,14H2,1-4H3,(H2,18,19,20). The van der Waals surface area contributed by atoms with Crippen LogP contribution in [0.3, 0.4) is 0 Å². The van der Waals surface area contributed by atoms with E-state index in [1.807, 2.05) is 31.2 Å². The average Bonchev–Trinajstić information content (AvgIpc) is 2.62. The molecule has 0 heterocycles. The first-order valence-electron chi connectivity index (χ1n) is 8.52. The van der Waals surface area contributed by atoms with E-state index < -0.39 is 10.0 Å². The van der Waals surface area contributed by atoms with Crippen LogP contribution in [0.15, 0.2) is 29.3 Å². The summed E-state index contributed by atoms with van der Waals surface area (Å²) >= 11 is 0. The SMILES string of the molecule is CCNC(=NCc1cccc(OC)c1)NCCCN(C)S(=O)(=O)CC. The van der Waals surface area contributed by atoms with Gasteiger partial charge in [0.2, 0.25) is 10.0 Å². The molecule has 0 saturated heterocycles. The lowest BCUT2D eigenvalue weighted by molar-refractivity contribution is 0.414. The Hall–Kier alpha value is -1.80. The van der Waals surface area contributed by atoms with Crippen LogP contribution in [0.5, 0.6) is 5.75 Å². The highest BCUT2D eigenvalue weighted by Crippen LogP contribution is 2.13. The molecule has 142 valence electrons. The number of sulfonamides is 1. The molecular weight excluding hydrogens is 340 g/mol. The smallest absolute Gasteiger partial charge is 0.213 e. The van der Waals surface area contributed by atoms with E-state index in [1.165, 1.54) is 4.31 Å². The second kappa shape index (κ2) is 10.9. The first kappa shape index (κ1) is 21.2. The average molecular weight is 371 g/mol. The van der Waals surface area contributed by atoms with Gasteiger partial charge >= 0.3 is 0 Å². The lowest BCUT2D eigenvalue weighted by Gasteiger charge is -2.16. The number of rotatable bonds is 10. The number of hydrogen-bond acceptors (Lipinski definition) is 4. The molecule has 0 aliphatic rings. The second-order valence-corrected chi connectivity index (χ2v) is 7.91. The highest BCUT2D eigenvalue weighted by molar-refractivity contribution is 7.89. The topological polar surface area (TPSA) is 83.0 Å². The van der Waals surface area contributed by atoms with Crippen LogP contribution in [0.2, 0.25) is 0 Å². The Kier molecular flexibility index (Phi) is 9.30. The molecule has 0 fully saturated rings. The van der Waals surface area contributed by atoms with Crippen LogP contribution >= 0.6 is 0 Å². The molecule has 0 radical (unpaired) electrons. The first-order valence-corrected chi connectivity index (χ1v) is 10.1. The second-order valence-electron chi connectivity index (χ2n) is 5.55. The van der Waals surface area contributed by atoms with Crippen LogP contribution in [-0.4, -0.2) is 58.2 Å². The normalized spacial score (nSPS) is 12.3. The quantitative estimate of drug-likeness (QED) is 0.370. The molecule has 0 aliphatic heterocycles. The van der Waals surface area contributed by atoms with E-state index in [2.05, 4.69) is 15.6 Å². The van der Waals surface area contributed by atoms with Crippen LogP contribution in [0.4, 0.5) is 0 Å². The Morgan fingerprint density at radius 2 is 2.04 bits per heavy atom. The zero-order valence-corrected chi connectivity index (χ0v) is 16.4. The molecule has 1 rings (SSSR count). The number of methoxy groups -OCH3 is 1. The summed E-state index contributed by atoms with van der Waals surface area (Å²) in [6.07, 6.45) is 0.708. The summed E-state index contributed by atoms with van der Waals surface area (Å²) in [6.45, 7) is 6.08. The summed E-state index contributed by atoms with van der Waals surface area (Å²) in [5, 5.41) is 6.42. The fourth-order valence-electron chi connectivity index (χ4n) is 2.15. The molecule has 0 aromatic heterocycles. The molecule has 0 atom stereocenters. The Morgan fingerprint density at radius 1 is 1.28 bits per heavy atom. The fourth-order valence-corrected chi connectivity index (χ4v) is 3.00. The van der Waals surface area contributed by atoms with E-state index in [1.54, 1.807) is 21.1 Å². The third kappa shape index (κ3) is 7.74. The summed E-state index contributed by atoms with van der Waals surface area (Å²) in [6, 6.07) is 7.79. The number of hydrogen-bond donors (Lipinski definition) is 2. The van der Waals surface area contributed by atoms with Crippen molar-refractivity contribution < 1.29 is 13.2 Å². The maximum Gasteiger partial charge on any atom is 0.213 e. The largest absolute Gasteiger partial charge is 0.497 e. The van der Waals surface area contributed by atoms with Crippen molar-refractivity contribution >= 4 is 16.0 Å². The Morgan fingerprint density at radius 3 is 2.68 bits per heavy atom. The molecule has 0 amide bonds. The molecule has 8 heteroatoms. The predicted octanol–water partition coefficient (Wildman–Crippen LogP) is 1.42. The molecular formula is C17H30N4O3S. The van der Waals surface area contributed by atoms with E-state index in [-0.39, 0.29) is 5.75 Å². The van der Waals surface area contributed by atoms with Crippen molar-refractivity contribution in [2.75, 3.05) is 39.5 Å². The molecule has 1 aromatic rings. The van der Waals surface area contributed by atoms with Crippen molar-refractivity contribution in [3.05, 3.63) is 29.8 Å². The number of guanidine groups is 1. The van der Waals surface area contributed by atoms with Gasteiger partial charge in [0.15, 0.2) is 5.96 Å². The van der Waals surface area contributed by atoms with Gasteiger partial charge in [-0.3, -0.25) is 0 Å². The van der Waals surface area contributed by atoms with Gasteiger partial charge in [-0.15, -0.1) is 0 Å². The number of benzene rings is 1. The van der Waals surface area contributed by atoms with E-state index in [9.17, 15) is 8.42 Å². The van der Waals surface area contributed by atoms with Gasteiger partial charge in [0.1, 0.15) is 5.75 Å². The maximum absolute atomic E-state index is 11.7. The van der Waals surface area contributed by atoms with E-state index in [0.717, 1.165) is 17.9 Å². The minimum Gasteiger partial charge on any atom is -0.497 e. The maximum atomic E-state index is 11.7. The van der Waals surface area contributed by atoms with Gasteiger partial charge < -0.3 is 15.4 Å². The molecule has 0 spiro atoms. The molecule has 0 unspecified atom stereocenters. The van der Waals surface area contributed by atoms with Crippen molar-refractivity contribution in [1.82, 2.24) is 14.9 Å². The first-order chi connectivity index (χ1) is 11.9. The van der Waals surface area contributed by atoms with Crippen molar-refractivity contribution in [2.24, 2.45) is 4.99 Å². The molecule has 2 N–H and O–H groups in total. The molecule has 7 nitrogen and oxygen atoms in total. The Balaban J connectivity index is 2.50. The summed E-state index contributed by atoms with van der Waals surface area (Å²) in [4.78, 5) is 4.55. The van der Waals surface area contributed by atoms with Gasteiger partial charge in [-0.25, -0.2) is 17.7 Å². The monoisotopic (exact) mass is 370 g/mol. The summed E-state index contributed by atoms with van der Waals surface area (Å²) < 4.78 is 30.0. The van der Waals surface area contributed by atoms with Crippen LogP contribution in [0.25, 0.3) is 0 Å². The Labute approximate surface area is 151 Å². The molecule has 0 saturated carbocycles. The van der Waals surface area contributed by atoms with Crippen LogP contribution < -0.4 is 15.4 Å². The van der Waals surface area contributed by atoms with Crippen molar-refractivity contribution in [2.45, 2.75) is 26.8 Å². The van der Waals surface area contributed by atoms with E-state index in [4.69, 9.17) is 4.74 Å². The lowest BCUT2D eigenvalue weighted by atomic mass is 10.2. The van der Waals surface area contributed by atoms with Gasteiger partial charge in [0.05, 0.1) is 19.4 Å². The molecule has 0 aliphatic carbocycles. The zero-order valence-electron chi connectivity index (χ0n) is 15.6. The fraction of sp³-hybridized carbons (Fsp3) is 0.588. The van der Waals surface area contributed by atoms with Crippen molar-refractivity contribution in [1.29, 1.82) is 0 Å². The Bertz CT molecular complexity index is 647. The van der Waals surface area contributed by atoms with Crippen molar-refractivity contribution in [3.63, 3.8) is 0 Å². The van der Waals surface area contributed by atoms with Gasteiger partial charge in [0, 0.05) is 26.7 Å². The van der Waals surface area contributed by atoms with Gasteiger partial charge in [-0.1, -0.05) is 12.1 Å². The zero-order chi connectivity index (χ0) is 18.7. The van der Waals surface area contributed by atoms with Gasteiger partial charge in [-0.2, -0.15) is 0 Å². The molecule has 0 bridgehead atoms. The van der Waals surface area contributed by atoms with Gasteiger partial charge in [-0.05, 0) is 38.0 Å². The lowest BCUT2D eigenvalue weighted by Crippen LogP contribution is -2.39. The number of ether oxygens (including phenoxy) is 1. The van der Waals surface area contributed by atoms with Gasteiger partial charge in [0.25, 0.3) is 0 Å². The third-order valence-corrected chi connectivity index (χ3v) is 5.54. The third-order valence-electron chi connectivity index (χ3n) is 3.68.